The second kappa shape index (κ2) is 11.6. The number of para-hydroxylation sites is 2. The molecule has 3 aromatic heterocycles. The second-order valence-electron chi connectivity index (χ2n) is 15.6. The minimum Gasteiger partial charge on any atom is -0.456 e. The summed E-state index contributed by atoms with van der Waals surface area (Å²) in [4.78, 5) is 2.43. The summed E-state index contributed by atoms with van der Waals surface area (Å²) in [6, 6.07) is 44.1. The number of anilines is 3. The van der Waals surface area contributed by atoms with Crippen LogP contribution < -0.4 is 4.90 Å². The number of halogens is 1. The van der Waals surface area contributed by atoms with Crippen molar-refractivity contribution in [2.45, 2.75) is 52.4 Å². The zero-order valence-electron chi connectivity index (χ0n) is 29.7. The first kappa shape index (κ1) is 32.1. The Morgan fingerprint density at radius 1 is 0.588 bits per heavy atom. The van der Waals surface area contributed by atoms with Gasteiger partial charge >= 0.3 is 0 Å². The zero-order chi connectivity index (χ0) is 35.2. The standard InChI is InChI=1S/C46H39BrN2OS/c1-45(2,3)28-18-21-30(22-19-28)48(38-27-51-41-25-20-29(26-33(38)41)46(4,5)6)36-15-11-16-37(44(36)47)49-34-14-9-7-12-31(34)42-35(49)23-24-40-43(42)32-13-8-10-17-39(32)50-40/h7-27H,1-6H3. The van der Waals surface area contributed by atoms with Crippen LogP contribution >= 0.6 is 27.3 Å². The summed E-state index contributed by atoms with van der Waals surface area (Å²) < 4.78 is 11.1. The van der Waals surface area contributed by atoms with E-state index in [0.717, 1.165) is 54.5 Å². The molecule has 252 valence electrons. The van der Waals surface area contributed by atoms with Crippen molar-refractivity contribution in [2.24, 2.45) is 0 Å². The molecule has 3 heterocycles. The monoisotopic (exact) mass is 746 g/mol. The highest BCUT2D eigenvalue weighted by Crippen LogP contribution is 2.48. The van der Waals surface area contributed by atoms with Crippen molar-refractivity contribution in [3.05, 3.63) is 142 Å². The molecule has 5 heteroatoms. The molecule has 0 unspecified atom stereocenters. The Labute approximate surface area is 310 Å². The van der Waals surface area contributed by atoms with Gasteiger partial charge in [-0.15, -0.1) is 11.3 Å². The van der Waals surface area contributed by atoms with Crippen molar-refractivity contribution in [1.29, 1.82) is 0 Å². The Hall–Kier alpha value is -4.84. The van der Waals surface area contributed by atoms with Gasteiger partial charge in [0.1, 0.15) is 11.2 Å². The van der Waals surface area contributed by atoms with Gasteiger partial charge in [0.05, 0.1) is 32.6 Å². The maximum Gasteiger partial charge on any atom is 0.136 e. The number of benzene rings is 6. The molecule has 9 rings (SSSR count). The van der Waals surface area contributed by atoms with Gasteiger partial charge in [0.2, 0.25) is 0 Å². The fourth-order valence-electron chi connectivity index (χ4n) is 7.56. The van der Waals surface area contributed by atoms with Crippen LogP contribution in [0.2, 0.25) is 0 Å². The van der Waals surface area contributed by atoms with Gasteiger partial charge in [0.25, 0.3) is 0 Å². The lowest BCUT2D eigenvalue weighted by Gasteiger charge is -2.28. The highest BCUT2D eigenvalue weighted by atomic mass is 79.9. The maximum atomic E-state index is 6.36. The minimum atomic E-state index is 0.0371. The molecular weight excluding hydrogens is 708 g/mol. The van der Waals surface area contributed by atoms with Gasteiger partial charge < -0.3 is 13.9 Å². The van der Waals surface area contributed by atoms with Crippen molar-refractivity contribution in [2.75, 3.05) is 4.90 Å². The van der Waals surface area contributed by atoms with E-state index in [-0.39, 0.29) is 10.8 Å². The van der Waals surface area contributed by atoms with E-state index in [1.54, 1.807) is 11.3 Å². The van der Waals surface area contributed by atoms with E-state index in [1.807, 2.05) is 6.07 Å². The lowest BCUT2D eigenvalue weighted by Crippen LogP contribution is -2.14. The van der Waals surface area contributed by atoms with Crippen molar-refractivity contribution in [3.8, 4) is 5.69 Å². The SMILES string of the molecule is CC(C)(C)c1ccc(N(c2cccc(-n3c4ccccc4c4c5c(ccc43)oc3ccccc35)c2Br)c2csc3ccc(C(C)(C)C)cc23)cc1. The fourth-order valence-corrected chi connectivity index (χ4v) is 9.09. The number of rotatable bonds is 4. The summed E-state index contributed by atoms with van der Waals surface area (Å²) in [5, 5.41) is 8.28. The third-order valence-electron chi connectivity index (χ3n) is 10.3. The Morgan fingerprint density at radius 2 is 1.29 bits per heavy atom. The van der Waals surface area contributed by atoms with Crippen LogP contribution in [0.5, 0.6) is 0 Å². The number of hydrogen-bond donors (Lipinski definition) is 0. The average Bonchev–Trinajstić information content (AvgIpc) is 3.80. The molecule has 0 aliphatic rings. The number of furan rings is 1. The Balaban J connectivity index is 1.32. The zero-order valence-corrected chi connectivity index (χ0v) is 32.1. The number of aromatic nitrogens is 1. The van der Waals surface area contributed by atoms with Gasteiger partial charge in [-0.25, -0.2) is 0 Å². The van der Waals surface area contributed by atoms with Crippen molar-refractivity contribution in [3.63, 3.8) is 0 Å². The van der Waals surface area contributed by atoms with Crippen LogP contribution in [0.25, 0.3) is 59.5 Å². The van der Waals surface area contributed by atoms with Crippen LogP contribution in [0.4, 0.5) is 17.1 Å². The molecule has 3 nitrogen and oxygen atoms in total. The molecule has 6 aromatic carbocycles. The number of thiophene rings is 1. The Morgan fingerprint density at radius 3 is 2.06 bits per heavy atom. The van der Waals surface area contributed by atoms with Gasteiger partial charge in [0.15, 0.2) is 0 Å². The molecule has 0 atom stereocenters. The second-order valence-corrected chi connectivity index (χ2v) is 17.3. The van der Waals surface area contributed by atoms with Crippen LogP contribution in [0.1, 0.15) is 52.7 Å². The summed E-state index contributed by atoms with van der Waals surface area (Å²) >= 11 is 6.02. The van der Waals surface area contributed by atoms with E-state index in [2.05, 4.69) is 188 Å². The van der Waals surface area contributed by atoms with Gasteiger partial charge in [-0.2, -0.15) is 0 Å². The largest absolute Gasteiger partial charge is 0.456 e. The Kier molecular flexibility index (Phi) is 7.29. The van der Waals surface area contributed by atoms with Crippen LogP contribution in [0.15, 0.2) is 136 Å². The summed E-state index contributed by atoms with van der Waals surface area (Å²) in [7, 11) is 0. The fraction of sp³-hybridized carbons (Fsp3) is 0.174. The quantitative estimate of drug-likeness (QED) is 0.179. The molecule has 0 spiro atoms. The maximum absolute atomic E-state index is 6.36. The highest BCUT2D eigenvalue weighted by molar-refractivity contribution is 9.10. The average molecular weight is 748 g/mol. The first-order valence-corrected chi connectivity index (χ1v) is 19.2. The molecule has 0 amide bonds. The number of hydrogen-bond acceptors (Lipinski definition) is 3. The number of nitrogens with zero attached hydrogens (tertiary/aromatic N) is 2. The third-order valence-corrected chi connectivity index (χ3v) is 12.0. The van der Waals surface area contributed by atoms with Gasteiger partial charge in [0, 0.05) is 42.7 Å². The van der Waals surface area contributed by atoms with E-state index in [4.69, 9.17) is 4.42 Å². The van der Waals surface area contributed by atoms with Crippen molar-refractivity contribution in [1.82, 2.24) is 4.57 Å². The van der Waals surface area contributed by atoms with Gasteiger partial charge in [-0.1, -0.05) is 102 Å². The molecule has 0 fully saturated rings. The molecule has 0 bridgehead atoms. The van der Waals surface area contributed by atoms with E-state index >= 15 is 0 Å². The van der Waals surface area contributed by atoms with Crippen molar-refractivity contribution < 1.29 is 4.42 Å². The third kappa shape index (κ3) is 5.12. The van der Waals surface area contributed by atoms with E-state index in [1.165, 1.54) is 37.7 Å². The summed E-state index contributed by atoms with van der Waals surface area (Å²) in [5.74, 6) is 0. The molecule has 0 N–H and O–H groups in total. The first-order chi connectivity index (χ1) is 24.5. The van der Waals surface area contributed by atoms with E-state index < -0.39 is 0 Å². The van der Waals surface area contributed by atoms with Crippen LogP contribution in [-0.2, 0) is 10.8 Å². The molecular formula is C46H39BrN2OS. The summed E-state index contributed by atoms with van der Waals surface area (Å²) in [6.07, 6.45) is 0. The lowest BCUT2D eigenvalue weighted by molar-refractivity contribution is 0.590. The van der Waals surface area contributed by atoms with Crippen LogP contribution in [0.3, 0.4) is 0 Å². The lowest BCUT2D eigenvalue weighted by atomic mass is 9.86. The normalized spacial score (nSPS) is 12.6. The molecule has 9 aromatic rings. The smallest absolute Gasteiger partial charge is 0.136 e. The molecule has 0 aliphatic heterocycles. The Bertz CT molecular complexity index is 2790. The molecule has 0 saturated heterocycles. The van der Waals surface area contributed by atoms with Crippen molar-refractivity contribution >= 4 is 98.2 Å². The van der Waals surface area contributed by atoms with E-state index in [9.17, 15) is 0 Å². The topological polar surface area (TPSA) is 21.3 Å². The highest BCUT2D eigenvalue weighted by Gasteiger charge is 2.25. The summed E-state index contributed by atoms with van der Waals surface area (Å²) in [6.45, 7) is 13.7. The number of fused-ring (bicyclic) bond motifs is 8. The minimum absolute atomic E-state index is 0.0371. The molecule has 0 radical (unpaired) electrons. The molecule has 0 saturated carbocycles. The molecule has 0 aliphatic carbocycles. The predicted molar refractivity (Wildman–Crippen MR) is 223 cm³/mol. The van der Waals surface area contributed by atoms with E-state index in [0.29, 0.717) is 0 Å². The summed E-state index contributed by atoms with van der Waals surface area (Å²) in [5.41, 5.74) is 11.3. The van der Waals surface area contributed by atoms with Crippen LogP contribution in [0, 0.1) is 0 Å². The van der Waals surface area contributed by atoms with Crippen LogP contribution in [-0.4, -0.2) is 4.57 Å². The first-order valence-electron chi connectivity index (χ1n) is 17.5. The van der Waals surface area contributed by atoms with Gasteiger partial charge in [-0.3, -0.25) is 0 Å². The molecule has 51 heavy (non-hydrogen) atoms. The van der Waals surface area contributed by atoms with Gasteiger partial charge in [-0.05, 0) is 98.6 Å². The predicted octanol–water partition coefficient (Wildman–Crippen LogP) is 14.7.